The highest BCUT2D eigenvalue weighted by Gasteiger charge is 2.44. The molecule has 1 amide bonds. The Balaban J connectivity index is 1.60. The van der Waals surface area contributed by atoms with Gasteiger partial charge in [-0.1, -0.05) is 16.0 Å². The SMILES string of the molecule is COC(=O)N1C(C)C[C@H](NS(=O)(=O)F)[C@@H]1COC1CCC(c2cccc(F)c2)CC1. The topological polar surface area (TPSA) is 84.9 Å². The first-order valence-corrected chi connectivity index (χ1v) is 11.5. The molecule has 2 fully saturated rings. The molecule has 3 atom stereocenters. The Labute approximate surface area is 176 Å². The number of carbonyl (C=O) groups excluding carboxylic acids is 1. The summed E-state index contributed by atoms with van der Waals surface area (Å²) in [7, 11) is -3.68. The van der Waals surface area contributed by atoms with Gasteiger partial charge in [-0.2, -0.15) is 13.1 Å². The van der Waals surface area contributed by atoms with Gasteiger partial charge in [0.1, 0.15) is 5.82 Å². The molecule has 2 aliphatic rings. The molecule has 1 saturated carbocycles. The summed E-state index contributed by atoms with van der Waals surface area (Å²) in [5, 5.41) is 0. The Morgan fingerprint density at radius 2 is 1.97 bits per heavy atom. The minimum Gasteiger partial charge on any atom is -0.453 e. The molecule has 3 rings (SSSR count). The highest BCUT2D eigenvalue weighted by atomic mass is 32.3. The maximum atomic E-state index is 13.5. The molecule has 30 heavy (non-hydrogen) atoms. The lowest BCUT2D eigenvalue weighted by Crippen LogP contribution is -2.50. The Morgan fingerprint density at radius 1 is 1.27 bits per heavy atom. The molecule has 1 aromatic carbocycles. The first-order chi connectivity index (χ1) is 14.2. The third-order valence-corrected chi connectivity index (χ3v) is 6.65. The Bertz CT molecular complexity index is 845. The van der Waals surface area contributed by atoms with Crippen molar-refractivity contribution < 1.29 is 31.0 Å². The van der Waals surface area contributed by atoms with Gasteiger partial charge in [0.05, 0.1) is 25.9 Å². The van der Waals surface area contributed by atoms with Crippen LogP contribution in [0.15, 0.2) is 24.3 Å². The zero-order chi connectivity index (χ0) is 21.9. The smallest absolute Gasteiger partial charge is 0.410 e. The van der Waals surface area contributed by atoms with Gasteiger partial charge in [-0.3, -0.25) is 4.90 Å². The molecule has 168 valence electrons. The van der Waals surface area contributed by atoms with E-state index in [1.165, 1.54) is 18.1 Å². The number of nitrogens with zero attached hydrogens (tertiary/aromatic N) is 1. The van der Waals surface area contributed by atoms with Crippen molar-refractivity contribution in [1.82, 2.24) is 9.62 Å². The number of rotatable bonds is 6. The molecule has 1 N–H and O–H groups in total. The summed E-state index contributed by atoms with van der Waals surface area (Å²) in [6.45, 7) is 1.82. The minimum atomic E-state index is -4.92. The molecule has 7 nitrogen and oxygen atoms in total. The van der Waals surface area contributed by atoms with E-state index in [1.807, 2.05) is 10.8 Å². The molecule has 1 aliphatic carbocycles. The van der Waals surface area contributed by atoms with Crippen molar-refractivity contribution in [2.75, 3.05) is 13.7 Å². The summed E-state index contributed by atoms with van der Waals surface area (Å²) < 4.78 is 61.7. The summed E-state index contributed by atoms with van der Waals surface area (Å²) >= 11 is 0. The van der Waals surface area contributed by atoms with Crippen molar-refractivity contribution in [3.8, 4) is 0 Å². The maximum Gasteiger partial charge on any atom is 0.410 e. The van der Waals surface area contributed by atoms with Crippen LogP contribution in [0.4, 0.5) is 13.1 Å². The molecule has 1 aliphatic heterocycles. The van der Waals surface area contributed by atoms with Crippen LogP contribution in [0.5, 0.6) is 0 Å². The molecular weight excluding hydrogens is 418 g/mol. The standard InChI is InChI=1S/C20H28F2N2O5S/c1-13-10-18(23-30(22,26)27)19(24(13)20(25)28-2)12-29-17-8-6-14(7-9-17)15-4-3-5-16(21)11-15/h3-5,11,13-14,17-19,23H,6-10,12H2,1-2H3/t13?,14?,17?,18-,19-/m0/s1. The van der Waals surface area contributed by atoms with Crippen LogP contribution < -0.4 is 4.72 Å². The van der Waals surface area contributed by atoms with Gasteiger partial charge in [-0.15, -0.1) is 0 Å². The quantitative estimate of drug-likeness (QED) is 0.678. The Kier molecular flexibility index (Phi) is 7.30. The van der Waals surface area contributed by atoms with Gasteiger partial charge >= 0.3 is 16.5 Å². The average molecular weight is 447 g/mol. The van der Waals surface area contributed by atoms with Crippen LogP contribution in [-0.4, -0.2) is 57.4 Å². The van der Waals surface area contributed by atoms with Gasteiger partial charge in [-0.25, -0.2) is 9.18 Å². The number of ether oxygens (including phenoxy) is 2. The Hall–Kier alpha value is -1.78. The van der Waals surface area contributed by atoms with Crippen LogP contribution in [0, 0.1) is 5.82 Å². The molecule has 1 saturated heterocycles. The van der Waals surface area contributed by atoms with Crippen molar-refractivity contribution in [2.24, 2.45) is 0 Å². The van der Waals surface area contributed by atoms with Crippen molar-refractivity contribution in [3.63, 3.8) is 0 Å². The number of nitrogens with one attached hydrogen (secondary N) is 1. The van der Waals surface area contributed by atoms with E-state index in [0.29, 0.717) is 0 Å². The van der Waals surface area contributed by atoms with Gasteiger partial charge in [0.15, 0.2) is 0 Å². The minimum absolute atomic E-state index is 0.0622. The van der Waals surface area contributed by atoms with Gasteiger partial charge in [0.25, 0.3) is 0 Å². The molecule has 0 radical (unpaired) electrons. The summed E-state index contributed by atoms with van der Waals surface area (Å²) in [4.78, 5) is 13.6. The molecule has 0 spiro atoms. The van der Waals surface area contributed by atoms with Crippen LogP contribution >= 0.6 is 0 Å². The summed E-state index contributed by atoms with van der Waals surface area (Å²) in [6, 6.07) is 4.84. The molecule has 1 unspecified atom stereocenters. The van der Waals surface area contributed by atoms with Gasteiger partial charge in [-0.05, 0) is 62.6 Å². The molecular formula is C20H28F2N2O5S. The van der Waals surface area contributed by atoms with Crippen molar-refractivity contribution >= 4 is 16.5 Å². The second-order valence-corrected chi connectivity index (χ2v) is 9.16. The van der Waals surface area contributed by atoms with Crippen molar-refractivity contribution in [2.45, 2.75) is 69.2 Å². The zero-order valence-electron chi connectivity index (χ0n) is 17.1. The van der Waals surface area contributed by atoms with E-state index in [0.717, 1.165) is 31.2 Å². The van der Waals surface area contributed by atoms with E-state index in [-0.39, 0.29) is 36.9 Å². The number of likely N-dealkylation sites (tertiary alicyclic amines) is 1. The first kappa shape index (κ1) is 22.9. The number of benzene rings is 1. The van der Waals surface area contributed by atoms with Crippen LogP contribution in [0.1, 0.15) is 50.5 Å². The lowest BCUT2D eigenvalue weighted by atomic mass is 9.82. The second kappa shape index (κ2) is 9.57. The summed E-state index contributed by atoms with van der Waals surface area (Å²) in [5.74, 6) is 0.0233. The van der Waals surface area contributed by atoms with Gasteiger partial charge < -0.3 is 9.47 Å². The third kappa shape index (κ3) is 5.67. The number of amides is 1. The highest BCUT2D eigenvalue weighted by Crippen LogP contribution is 2.35. The van der Waals surface area contributed by atoms with Crippen LogP contribution in [0.3, 0.4) is 0 Å². The Morgan fingerprint density at radius 3 is 2.57 bits per heavy atom. The predicted octanol–water partition coefficient (Wildman–Crippen LogP) is 3.27. The fraction of sp³-hybridized carbons (Fsp3) is 0.650. The lowest BCUT2D eigenvalue weighted by molar-refractivity contribution is -0.00865. The number of hydrogen-bond acceptors (Lipinski definition) is 5. The van der Waals surface area contributed by atoms with Crippen LogP contribution in [0.25, 0.3) is 0 Å². The number of methoxy groups -OCH3 is 1. The average Bonchev–Trinajstić information content (AvgIpc) is 2.99. The molecule has 10 heteroatoms. The summed E-state index contributed by atoms with van der Waals surface area (Å²) in [5.41, 5.74) is 0.979. The number of halogens is 2. The van der Waals surface area contributed by atoms with E-state index >= 15 is 0 Å². The van der Waals surface area contributed by atoms with E-state index in [4.69, 9.17) is 9.47 Å². The fourth-order valence-electron chi connectivity index (χ4n) is 4.64. The molecule has 0 aromatic heterocycles. The van der Waals surface area contributed by atoms with E-state index in [2.05, 4.69) is 0 Å². The number of carbonyl (C=O) groups is 1. The van der Waals surface area contributed by atoms with Crippen LogP contribution in [-0.2, 0) is 19.9 Å². The fourth-order valence-corrected chi connectivity index (χ4v) is 5.26. The van der Waals surface area contributed by atoms with Crippen LogP contribution in [0.2, 0.25) is 0 Å². The van der Waals surface area contributed by atoms with Crippen molar-refractivity contribution in [3.05, 3.63) is 35.6 Å². The monoisotopic (exact) mass is 446 g/mol. The largest absolute Gasteiger partial charge is 0.453 e. The second-order valence-electron chi connectivity index (χ2n) is 8.05. The first-order valence-electron chi connectivity index (χ1n) is 10.1. The van der Waals surface area contributed by atoms with Crippen molar-refractivity contribution in [1.29, 1.82) is 0 Å². The van der Waals surface area contributed by atoms with E-state index < -0.39 is 28.6 Å². The molecule has 0 bridgehead atoms. The summed E-state index contributed by atoms with van der Waals surface area (Å²) in [6.07, 6.45) is 2.81. The van der Waals surface area contributed by atoms with E-state index in [9.17, 15) is 21.5 Å². The molecule has 1 aromatic rings. The number of hydrogen-bond donors (Lipinski definition) is 1. The third-order valence-electron chi connectivity index (χ3n) is 6.07. The van der Waals surface area contributed by atoms with E-state index in [1.54, 1.807) is 19.1 Å². The highest BCUT2D eigenvalue weighted by molar-refractivity contribution is 7.84. The lowest BCUT2D eigenvalue weighted by Gasteiger charge is -2.33. The van der Waals surface area contributed by atoms with Gasteiger partial charge in [0.2, 0.25) is 0 Å². The molecule has 1 heterocycles. The maximum absolute atomic E-state index is 13.5. The predicted molar refractivity (Wildman–Crippen MR) is 106 cm³/mol. The zero-order valence-corrected chi connectivity index (χ0v) is 17.9. The van der Waals surface area contributed by atoms with Gasteiger partial charge in [0, 0.05) is 12.1 Å². The normalized spacial score (nSPS) is 29.7.